The van der Waals surface area contributed by atoms with Crippen LogP contribution >= 0.6 is 0 Å². The van der Waals surface area contributed by atoms with E-state index in [0.29, 0.717) is 11.3 Å². The van der Waals surface area contributed by atoms with E-state index >= 15 is 0 Å². The van der Waals surface area contributed by atoms with Gasteiger partial charge < -0.3 is 10.3 Å². The van der Waals surface area contributed by atoms with Crippen LogP contribution in [0.4, 0.5) is 5.69 Å². The number of fused-ring (bicyclic) bond motifs is 1. The van der Waals surface area contributed by atoms with E-state index < -0.39 is 0 Å². The summed E-state index contributed by atoms with van der Waals surface area (Å²) in [6.07, 6.45) is 10.8. The smallest absolute Gasteiger partial charge is 0.255 e. The number of aromatic nitrogens is 5. The van der Waals surface area contributed by atoms with Crippen molar-refractivity contribution in [3.63, 3.8) is 0 Å². The predicted molar refractivity (Wildman–Crippen MR) is 160 cm³/mol. The summed E-state index contributed by atoms with van der Waals surface area (Å²) in [5.74, 6) is -0.179. The first-order valence-electron chi connectivity index (χ1n) is 12.8. The number of hydrogen-bond donors (Lipinski definition) is 3. The summed E-state index contributed by atoms with van der Waals surface area (Å²) in [4.78, 5) is 24.7. The van der Waals surface area contributed by atoms with E-state index in [2.05, 4.69) is 56.1 Å². The first-order valence-corrected chi connectivity index (χ1v) is 12.8. The molecule has 0 fully saturated rings. The number of nitrogens with zero attached hydrogens (tertiary/aromatic N) is 3. The van der Waals surface area contributed by atoms with Gasteiger partial charge >= 0.3 is 0 Å². The number of carbonyl (C=O) groups excluding carboxylic acids is 1. The molecule has 2 aromatic carbocycles. The van der Waals surface area contributed by atoms with Gasteiger partial charge in [-0.25, -0.2) is 0 Å². The van der Waals surface area contributed by atoms with Crippen molar-refractivity contribution in [2.45, 2.75) is 6.92 Å². The maximum Gasteiger partial charge on any atom is 0.255 e. The van der Waals surface area contributed by atoms with E-state index in [9.17, 15) is 4.79 Å². The van der Waals surface area contributed by atoms with Crippen molar-refractivity contribution in [1.82, 2.24) is 25.1 Å². The number of hydrogen-bond acceptors (Lipinski definition) is 4. The third-order valence-corrected chi connectivity index (χ3v) is 6.76. The Morgan fingerprint density at radius 2 is 1.73 bits per heavy atom. The molecule has 0 radical (unpaired) electrons. The number of anilines is 1. The van der Waals surface area contributed by atoms with E-state index in [1.807, 2.05) is 54.6 Å². The first kappa shape index (κ1) is 24.8. The quantitative estimate of drug-likeness (QED) is 0.193. The molecule has 6 rings (SSSR count). The van der Waals surface area contributed by atoms with Gasteiger partial charge in [-0.1, -0.05) is 43.0 Å². The van der Waals surface area contributed by atoms with Gasteiger partial charge in [-0.2, -0.15) is 5.10 Å². The molecule has 0 unspecified atom stereocenters. The van der Waals surface area contributed by atoms with Crippen molar-refractivity contribution in [2.24, 2.45) is 0 Å². The van der Waals surface area contributed by atoms with Crippen LogP contribution in [0.25, 0.3) is 39.0 Å². The van der Waals surface area contributed by atoms with Gasteiger partial charge in [0.2, 0.25) is 0 Å². The van der Waals surface area contributed by atoms with Crippen molar-refractivity contribution >= 4 is 28.1 Å². The second-order valence-electron chi connectivity index (χ2n) is 9.39. The Balaban J connectivity index is 1.34. The van der Waals surface area contributed by atoms with E-state index in [1.165, 1.54) is 0 Å². The molecule has 0 saturated heterocycles. The van der Waals surface area contributed by atoms with Gasteiger partial charge in [0.15, 0.2) is 0 Å². The van der Waals surface area contributed by atoms with Crippen LogP contribution in [-0.2, 0) is 0 Å². The summed E-state index contributed by atoms with van der Waals surface area (Å²) < 4.78 is 0. The monoisotopic (exact) mass is 522 g/mol. The van der Waals surface area contributed by atoms with Gasteiger partial charge in [0.1, 0.15) is 5.69 Å². The van der Waals surface area contributed by atoms with Crippen molar-refractivity contribution in [1.29, 1.82) is 0 Å². The lowest BCUT2D eigenvalue weighted by Crippen LogP contribution is -2.11. The minimum atomic E-state index is -0.179. The Morgan fingerprint density at radius 1 is 0.900 bits per heavy atom. The molecule has 6 aromatic rings. The maximum atomic E-state index is 12.6. The van der Waals surface area contributed by atoms with E-state index in [4.69, 9.17) is 0 Å². The molecule has 0 aliphatic rings. The number of pyridine rings is 2. The van der Waals surface area contributed by atoms with E-state index in [0.717, 1.165) is 55.8 Å². The highest BCUT2D eigenvalue weighted by Crippen LogP contribution is 2.34. The van der Waals surface area contributed by atoms with Crippen LogP contribution in [0.5, 0.6) is 0 Å². The Labute approximate surface area is 231 Å². The van der Waals surface area contributed by atoms with Gasteiger partial charge in [-0.05, 0) is 72.2 Å². The fourth-order valence-corrected chi connectivity index (χ4v) is 4.81. The second-order valence-corrected chi connectivity index (χ2v) is 9.39. The van der Waals surface area contributed by atoms with Crippen LogP contribution in [0.1, 0.15) is 27.2 Å². The van der Waals surface area contributed by atoms with E-state index in [1.54, 1.807) is 43.0 Å². The van der Waals surface area contributed by atoms with Crippen LogP contribution in [0, 0.1) is 6.92 Å². The third-order valence-electron chi connectivity index (χ3n) is 6.76. The lowest BCUT2D eigenvalue weighted by molar-refractivity contribution is 0.102. The number of rotatable bonds is 7. The minimum Gasteiger partial charge on any atom is -0.357 e. The van der Waals surface area contributed by atoms with Crippen molar-refractivity contribution in [3.8, 4) is 22.5 Å². The van der Waals surface area contributed by atoms with E-state index in [-0.39, 0.29) is 5.91 Å². The number of carbonyl (C=O) groups is 1. The molecule has 0 aliphatic carbocycles. The molecular weight excluding hydrogens is 496 g/mol. The van der Waals surface area contributed by atoms with Crippen LogP contribution in [0.2, 0.25) is 0 Å². The van der Waals surface area contributed by atoms with Crippen molar-refractivity contribution in [3.05, 3.63) is 139 Å². The zero-order valence-corrected chi connectivity index (χ0v) is 21.8. The van der Waals surface area contributed by atoms with Gasteiger partial charge in [-0.3, -0.25) is 19.9 Å². The zero-order valence-electron chi connectivity index (χ0n) is 21.8. The molecule has 4 heterocycles. The van der Waals surface area contributed by atoms with Crippen molar-refractivity contribution in [2.75, 3.05) is 5.32 Å². The molecule has 7 heteroatoms. The van der Waals surface area contributed by atoms with Crippen LogP contribution in [-0.4, -0.2) is 31.1 Å². The second kappa shape index (κ2) is 10.7. The average molecular weight is 523 g/mol. The van der Waals surface area contributed by atoms with Gasteiger partial charge in [0.05, 0.1) is 23.1 Å². The highest BCUT2D eigenvalue weighted by atomic mass is 16.1. The summed E-state index contributed by atoms with van der Waals surface area (Å²) in [6, 6.07) is 23.3. The normalized spacial score (nSPS) is 11.5. The Hall–Kier alpha value is -5.56. The summed E-state index contributed by atoms with van der Waals surface area (Å²) in [5, 5.41) is 11.7. The molecule has 7 nitrogen and oxygen atoms in total. The molecule has 4 aromatic heterocycles. The zero-order chi connectivity index (χ0) is 27.5. The average Bonchev–Trinajstić information content (AvgIpc) is 3.59. The highest BCUT2D eigenvalue weighted by Gasteiger charge is 2.17. The number of aromatic amines is 2. The van der Waals surface area contributed by atoms with Crippen molar-refractivity contribution < 1.29 is 4.79 Å². The number of nitrogens with one attached hydrogen (secondary N) is 3. The number of aryl methyl sites for hydroxylation is 1. The fourth-order valence-electron chi connectivity index (χ4n) is 4.81. The number of amides is 1. The summed E-state index contributed by atoms with van der Waals surface area (Å²) in [5.41, 5.74) is 9.92. The molecule has 3 N–H and O–H groups in total. The van der Waals surface area contributed by atoms with Gasteiger partial charge in [0, 0.05) is 46.4 Å². The molecule has 194 valence electrons. The molecule has 1 amide bonds. The fraction of sp³-hybridized carbons (Fsp3) is 0.0303. The standard InChI is InChI=1S/C33H26N6O/c1-3-7-27(22-12-14-34-15-13-22)28-18-31(36-21(28)2)32-29-17-24(10-11-30(29)38-39-32)25-16-26(20-35-19-25)37-33(40)23-8-5-4-6-9-23/h3-20,36H,1H2,2H3,(H,37,40)(H,38,39)/b27-7-. The molecule has 0 atom stereocenters. The number of benzene rings is 2. The predicted octanol–water partition coefficient (Wildman–Crippen LogP) is 7.19. The summed E-state index contributed by atoms with van der Waals surface area (Å²) in [7, 11) is 0. The molecule has 0 aliphatic heterocycles. The van der Waals surface area contributed by atoms with Crippen LogP contribution in [0.15, 0.2) is 116 Å². The molecule has 0 spiro atoms. The first-order chi connectivity index (χ1) is 19.6. The van der Waals surface area contributed by atoms with Gasteiger partial charge in [-0.15, -0.1) is 0 Å². The summed E-state index contributed by atoms with van der Waals surface area (Å²) in [6.45, 7) is 5.96. The topological polar surface area (TPSA) is 99.3 Å². The minimum absolute atomic E-state index is 0.179. The molecule has 0 saturated carbocycles. The lowest BCUT2D eigenvalue weighted by atomic mass is 9.98. The maximum absolute atomic E-state index is 12.6. The Kier molecular flexibility index (Phi) is 6.60. The summed E-state index contributed by atoms with van der Waals surface area (Å²) >= 11 is 0. The number of allylic oxidation sites excluding steroid dienone is 2. The lowest BCUT2D eigenvalue weighted by Gasteiger charge is -2.08. The highest BCUT2D eigenvalue weighted by molar-refractivity contribution is 6.04. The Morgan fingerprint density at radius 3 is 2.52 bits per heavy atom. The SMILES string of the molecule is C=C/C=C(/c1ccncc1)c1cc(-c2n[nH]c3ccc(-c4cncc(NC(=O)c5ccccc5)c4)cc23)[nH]c1C. The largest absolute Gasteiger partial charge is 0.357 e. The molecule has 40 heavy (non-hydrogen) atoms. The van der Waals surface area contributed by atoms with Crippen LogP contribution in [0.3, 0.4) is 0 Å². The van der Waals surface area contributed by atoms with Crippen LogP contribution < -0.4 is 5.32 Å². The van der Waals surface area contributed by atoms with Gasteiger partial charge in [0.25, 0.3) is 5.91 Å². The Bertz CT molecular complexity index is 1870. The molecular formula is C33H26N6O. The number of H-pyrrole nitrogens is 2. The molecule has 0 bridgehead atoms. The third kappa shape index (κ3) is 4.83.